The maximum atomic E-state index is 11.7. The number of carbonyl (C=O) groups excluding carboxylic acids is 2. The van der Waals surface area contributed by atoms with Crippen LogP contribution in [0.2, 0.25) is 0 Å². The topological polar surface area (TPSA) is 55.4 Å². The molecule has 0 heterocycles. The molecule has 0 aliphatic heterocycles. The number of ketones is 1. The quantitative estimate of drug-likeness (QED) is 0.821. The highest BCUT2D eigenvalue weighted by molar-refractivity contribution is 5.80. The molecule has 0 bridgehead atoms. The number of nitrogens with one attached hydrogen (secondary N) is 1. The van der Waals surface area contributed by atoms with Crippen LogP contribution in [0.1, 0.15) is 53.9 Å². The Hall–Kier alpha value is -1.06. The second kappa shape index (κ2) is 5.72. The minimum Gasteiger partial charge on any atom is -0.444 e. The molecule has 18 heavy (non-hydrogen) atoms. The lowest BCUT2D eigenvalue weighted by molar-refractivity contribution is -0.119. The summed E-state index contributed by atoms with van der Waals surface area (Å²) >= 11 is 0. The Bertz CT molecular complexity index is 319. The van der Waals surface area contributed by atoms with Gasteiger partial charge in [0.05, 0.1) is 0 Å². The van der Waals surface area contributed by atoms with Crippen LogP contribution in [-0.2, 0) is 9.53 Å². The van der Waals surface area contributed by atoms with Gasteiger partial charge < -0.3 is 10.1 Å². The number of Topliss-reactive ketones (excluding diaryl/α,β-unsaturated/α-hetero) is 1. The fourth-order valence-corrected chi connectivity index (χ4v) is 1.96. The standard InChI is InChI=1S/C14H25NO3/c1-9-6-11(9)8-12(16)7-10(2)15-13(17)18-14(3,4)5/h9-11H,6-8H2,1-5H3,(H,15,17). The van der Waals surface area contributed by atoms with Crippen molar-refractivity contribution in [1.29, 1.82) is 0 Å². The molecule has 1 fully saturated rings. The average molecular weight is 255 g/mol. The summed E-state index contributed by atoms with van der Waals surface area (Å²) in [7, 11) is 0. The first-order valence-corrected chi connectivity index (χ1v) is 6.68. The molecule has 4 nitrogen and oxygen atoms in total. The van der Waals surface area contributed by atoms with Crippen molar-refractivity contribution in [1.82, 2.24) is 5.32 Å². The van der Waals surface area contributed by atoms with Crippen LogP contribution in [0.25, 0.3) is 0 Å². The summed E-state index contributed by atoms with van der Waals surface area (Å²) in [5.74, 6) is 1.50. The number of hydrogen-bond donors (Lipinski definition) is 1. The van der Waals surface area contributed by atoms with Crippen LogP contribution in [0.5, 0.6) is 0 Å². The number of rotatable bonds is 5. The van der Waals surface area contributed by atoms with E-state index in [4.69, 9.17) is 4.74 Å². The van der Waals surface area contributed by atoms with E-state index in [1.807, 2.05) is 27.7 Å². The van der Waals surface area contributed by atoms with Crippen LogP contribution >= 0.6 is 0 Å². The smallest absolute Gasteiger partial charge is 0.407 e. The SMILES string of the molecule is CC(CC(=O)CC1CC1C)NC(=O)OC(C)(C)C. The molecule has 1 amide bonds. The molecule has 4 heteroatoms. The third-order valence-electron chi connectivity index (χ3n) is 3.06. The Morgan fingerprint density at radius 3 is 2.39 bits per heavy atom. The van der Waals surface area contributed by atoms with E-state index in [-0.39, 0.29) is 11.8 Å². The molecule has 0 aromatic heterocycles. The predicted octanol–water partition coefficient (Wildman–Crippen LogP) is 2.90. The molecular weight excluding hydrogens is 230 g/mol. The van der Waals surface area contributed by atoms with Crippen molar-refractivity contribution in [3.8, 4) is 0 Å². The highest BCUT2D eigenvalue weighted by Gasteiger charge is 2.34. The Labute approximate surface area is 109 Å². The van der Waals surface area contributed by atoms with Crippen molar-refractivity contribution in [2.75, 3.05) is 0 Å². The van der Waals surface area contributed by atoms with E-state index in [9.17, 15) is 9.59 Å². The Balaban J connectivity index is 2.21. The van der Waals surface area contributed by atoms with Crippen LogP contribution in [0.15, 0.2) is 0 Å². The number of carbonyl (C=O) groups is 2. The predicted molar refractivity (Wildman–Crippen MR) is 70.3 cm³/mol. The monoisotopic (exact) mass is 255 g/mol. The van der Waals surface area contributed by atoms with Crippen molar-refractivity contribution in [2.24, 2.45) is 11.8 Å². The van der Waals surface area contributed by atoms with Gasteiger partial charge in [0.15, 0.2) is 0 Å². The molecule has 0 saturated heterocycles. The van der Waals surface area contributed by atoms with E-state index in [0.29, 0.717) is 24.7 Å². The number of alkyl carbamates (subject to hydrolysis) is 1. The Morgan fingerprint density at radius 2 is 1.94 bits per heavy atom. The fourth-order valence-electron chi connectivity index (χ4n) is 1.96. The lowest BCUT2D eigenvalue weighted by Gasteiger charge is -2.21. The van der Waals surface area contributed by atoms with Gasteiger partial charge in [0.2, 0.25) is 0 Å². The molecule has 0 spiro atoms. The van der Waals surface area contributed by atoms with Crippen molar-refractivity contribution in [3.05, 3.63) is 0 Å². The fraction of sp³-hybridized carbons (Fsp3) is 0.857. The van der Waals surface area contributed by atoms with Gasteiger partial charge in [-0.15, -0.1) is 0 Å². The first-order chi connectivity index (χ1) is 8.17. The van der Waals surface area contributed by atoms with Gasteiger partial charge in [0.1, 0.15) is 11.4 Å². The minimum atomic E-state index is -0.503. The summed E-state index contributed by atoms with van der Waals surface area (Å²) in [4.78, 5) is 23.2. The van der Waals surface area contributed by atoms with Crippen molar-refractivity contribution < 1.29 is 14.3 Å². The summed E-state index contributed by atoms with van der Waals surface area (Å²) in [6, 6.07) is -0.165. The van der Waals surface area contributed by atoms with E-state index < -0.39 is 11.7 Å². The van der Waals surface area contributed by atoms with Gasteiger partial charge >= 0.3 is 6.09 Å². The first kappa shape index (κ1) is 15.0. The summed E-state index contributed by atoms with van der Waals surface area (Å²) in [6.07, 6.45) is 1.76. The lowest BCUT2D eigenvalue weighted by Crippen LogP contribution is -2.38. The average Bonchev–Trinajstić information content (AvgIpc) is 2.75. The molecule has 3 unspecified atom stereocenters. The van der Waals surface area contributed by atoms with E-state index >= 15 is 0 Å². The minimum absolute atomic E-state index is 0.165. The highest BCUT2D eigenvalue weighted by Crippen LogP contribution is 2.40. The van der Waals surface area contributed by atoms with E-state index in [1.54, 1.807) is 0 Å². The van der Waals surface area contributed by atoms with Crippen molar-refractivity contribution in [2.45, 2.75) is 65.5 Å². The van der Waals surface area contributed by atoms with Crippen LogP contribution < -0.4 is 5.32 Å². The maximum absolute atomic E-state index is 11.7. The van der Waals surface area contributed by atoms with Gasteiger partial charge in [-0.05, 0) is 46.0 Å². The number of amides is 1. The van der Waals surface area contributed by atoms with Gasteiger partial charge in [-0.2, -0.15) is 0 Å². The molecule has 1 rings (SSSR count). The summed E-state index contributed by atoms with van der Waals surface area (Å²) in [5.41, 5.74) is -0.503. The number of ether oxygens (including phenoxy) is 1. The highest BCUT2D eigenvalue weighted by atomic mass is 16.6. The molecule has 1 aliphatic carbocycles. The van der Waals surface area contributed by atoms with Crippen LogP contribution in [0.3, 0.4) is 0 Å². The summed E-state index contributed by atoms with van der Waals surface area (Å²) < 4.78 is 5.14. The summed E-state index contributed by atoms with van der Waals surface area (Å²) in [6.45, 7) is 9.45. The van der Waals surface area contributed by atoms with E-state index in [2.05, 4.69) is 12.2 Å². The maximum Gasteiger partial charge on any atom is 0.407 e. The van der Waals surface area contributed by atoms with E-state index in [1.165, 1.54) is 6.42 Å². The molecule has 0 radical (unpaired) electrons. The largest absolute Gasteiger partial charge is 0.444 e. The third-order valence-corrected chi connectivity index (χ3v) is 3.06. The molecule has 1 N–H and O–H groups in total. The van der Waals surface area contributed by atoms with Gasteiger partial charge in [-0.3, -0.25) is 4.79 Å². The third kappa shape index (κ3) is 6.03. The van der Waals surface area contributed by atoms with Crippen molar-refractivity contribution >= 4 is 11.9 Å². The van der Waals surface area contributed by atoms with E-state index in [0.717, 1.165) is 0 Å². The molecule has 3 atom stereocenters. The molecule has 0 aromatic rings. The van der Waals surface area contributed by atoms with Gasteiger partial charge in [-0.1, -0.05) is 6.92 Å². The van der Waals surface area contributed by atoms with Gasteiger partial charge in [0.25, 0.3) is 0 Å². The molecule has 104 valence electrons. The number of hydrogen-bond acceptors (Lipinski definition) is 3. The van der Waals surface area contributed by atoms with Crippen molar-refractivity contribution in [3.63, 3.8) is 0 Å². The Kier molecular flexibility index (Phi) is 4.77. The normalized spacial score (nSPS) is 24.3. The van der Waals surface area contributed by atoms with Crippen LogP contribution in [0.4, 0.5) is 4.79 Å². The second-order valence-electron chi connectivity index (χ2n) is 6.47. The zero-order chi connectivity index (χ0) is 13.9. The zero-order valence-corrected chi connectivity index (χ0v) is 12.1. The lowest BCUT2D eigenvalue weighted by atomic mass is 10.1. The Morgan fingerprint density at radius 1 is 1.39 bits per heavy atom. The summed E-state index contributed by atoms with van der Waals surface area (Å²) in [5, 5.41) is 2.69. The second-order valence-corrected chi connectivity index (χ2v) is 6.47. The zero-order valence-electron chi connectivity index (χ0n) is 12.1. The van der Waals surface area contributed by atoms with Gasteiger partial charge in [0, 0.05) is 18.9 Å². The van der Waals surface area contributed by atoms with Crippen LogP contribution in [0, 0.1) is 11.8 Å². The molecule has 1 saturated carbocycles. The molecular formula is C14H25NO3. The molecule has 0 aromatic carbocycles. The van der Waals surface area contributed by atoms with Gasteiger partial charge in [-0.25, -0.2) is 4.79 Å². The first-order valence-electron chi connectivity index (χ1n) is 6.68. The molecule has 1 aliphatic rings. The van der Waals surface area contributed by atoms with Crippen LogP contribution in [-0.4, -0.2) is 23.5 Å².